The van der Waals surface area contributed by atoms with E-state index in [0.29, 0.717) is 19.1 Å². The summed E-state index contributed by atoms with van der Waals surface area (Å²) in [7, 11) is 0. The molecule has 0 spiro atoms. The zero-order valence-corrected chi connectivity index (χ0v) is 32.3. The Morgan fingerprint density at radius 2 is 1.76 bits per heavy atom. The molecule has 4 aromatic rings. The van der Waals surface area contributed by atoms with E-state index in [4.69, 9.17) is 14.5 Å². The normalized spacial score (nSPS) is 13.1. The minimum atomic E-state index is -0.0410. The van der Waals surface area contributed by atoms with Crippen LogP contribution in [0.15, 0.2) is 77.3 Å². The number of hydrogen-bond donors (Lipinski definition) is 1. The van der Waals surface area contributed by atoms with Crippen molar-refractivity contribution < 1.29 is 14.3 Å². The van der Waals surface area contributed by atoms with Gasteiger partial charge in [-0.2, -0.15) is 0 Å². The summed E-state index contributed by atoms with van der Waals surface area (Å²) in [5.74, 6) is 3.24. The zero-order valence-electron chi connectivity index (χ0n) is 31.5. The second-order valence-electron chi connectivity index (χ2n) is 13.9. The lowest BCUT2D eigenvalue weighted by Gasteiger charge is -2.30. The molecule has 1 aliphatic heterocycles. The molecule has 51 heavy (non-hydrogen) atoms. The maximum Gasteiger partial charge on any atom is 0.251 e. The van der Waals surface area contributed by atoms with Gasteiger partial charge in [-0.05, 0) is 116 Å². The molecule has 0 saturated heterocycles. The molecule has 8 heteroatoms. The molecule has 1 N–H and O–H groups in total. The standard InChI is InChI=1S/C43H56N4O3S/c1-7-9-22-49-23-24-50-39-16-12-34(13-17-39)35-14-18-40-37(26-35)27-36(11-10-21-46(40)28-31(3)4)43(48)45-38-15-19-41(32(5)25-38)51-30-42-44-33(6)29-47(42)20-8-2/h12-19,25-27,29,31H,7-11,20-24,28,30H2,1-6H3,(H,45,48). The maximum absolute atomic E-state index is 13.8. The van der Waals surface area contributed by atoms with Crippen molar-refractivity contribution in [3.05, 3.63) is 95.1 Å². The van der Waals surface area contributed by atoms with E-state index in [9.17, 15) is 4.79 Å². The van der Waals surface area contributed by atoms with Crippen molar-refractivity contribution in [2.75, 3.05) is 43.1 Å². The lowest BCUT2D eigenvalue weighted by atomic mass is 9.96. The first-order valence-electron chi connectivity index (χ1n) is 18.7. The maximum atomic E-state index is 13.8. The van der Waals surface area contributed by atoms with Gasteiger partial charge in [0.2, 0.25) is 0 Å². The highest BCUT2D eigenvalue weighted by atomic mass is 32.2. The van der Waals surface area contributed by atoms with Crippen LogP contribution in [0.5, 0.6) is 5.75 Å². The molecular weight excluding hydrogens is 653 g/mol. The van der Waals surface area contributed by atoms with Crippen molar-refractivity contribution in [2.24, 2.45) is 5.92 Å². The van der Waals surface area contributed by atoms with E-state index in [0.717, 1.165) is 115 Å². The predicted octanol–water partition coefficient (Wildman–Crippen LogP) is 10.3. The molecule has 0 atom stereocenters. The molecule has 7 nitrogen and oxygen atoms in total. The molecule has 0 unspecified atom stereocenters. The summed E-state index contributed by atoms with van der Waals surface area (Å²) in [5.41, 5.74) is 8.29. The van der Waals surface area contributed by atoms with Crippen LogP contribution in [0.4, 0.5) is 11.4 Å². The first-order chi connectivity index (χ1) is 24.7. The van der Waals surface area contributed by atoms with Crippen molar-refractivity contribution in [3.8, 4) is 16.9 Å². The van der Waals surface area contributed by atoms with Gasteiger partial charge in [-0.1, -0.05) is 52.3 Å². The number of anilines is 2. The quantitative estimate of drug-likeness (QED) is 0.0870. The van der Waals surface area contributed by atoms with Crippen LogP contribution in [0.1, 0.15) is 82.4 Å². The van der Waals surface area contributed by atoms with E-state index in [2.05, 4.69) is 111 Å². The summed E-state index contributed by atoms with van der Waals surface area (Å²) in [6.45, 7) is 17.8. The summed E-state index contributed by atoms with van der Waals surface area (Å²) in [4.78, 5) is 22.2. The fourth-order valence-corrected chi connectivity index (χ4v) is 7.45. The van der Waals surface area contributed by atoms with E-state index < -0.39 is 0 Å². The molecule has 5 rings (SSSR count). The number of ether oxygens (including phenoxy) is 2. The highest BCUT2D eigenvalue weighted by Crippen LogP contribution is 2.34. The highest BCUT2D eigenvalue weighted by Gasteiger charge is 2.20. The van der Waals surface area contributed by atoms with Crippen molar-refractivity contribution in [3.63, 3.8) is 0 Å². The number of carbonyl (C=O) groups excluding carboxylic acids is 1. The smallest absolute Gasteiger partial charge is 0.251 e. The van der Waals surface area contributed by atoms with Crippen molar-refractivity contribution in [1.29, 1.82) is 0 Å². The Morgan fingerprint density at radius 1 is 0.961 bits per heavy atom. The average molecular weight is 709 g/mol. The molecule has 1 aliphatic rings. The molecule has 272 valence electrons. The van der Waals surface area contributed by atoms with Crippen LogP contribution in [0.25, 0.3) is 17.2 Å². The van der Waals surface area contributed by atoms with Gasteiger partial charge in [0, 0.05) is 54.3 Å². The summed E-state index contributed by atoms with van der Waals surface area (Å²) < 4.78 is 13.8. The summed E-state index contributed by atoms with van der Waals surface area (Å²) in [5, 5.41) is 3.22. The lowest BCUT2D eigenvalue weighted by Crippen LogP contribution is -2.30. The Balaban J connectivity index is 1.30. The molecule has 3 aromatic carbocycles. The van der Waals surface area contributed by atoms with E-state index >= 15 is 0 Å². The molecule has 0 fully saturated rings. The monoisotopic (exact) mass is 708 g/mol. The van der Waals surface area contributed by atoms with E-state index in [1.807, 2.05) is 18.2 Å². The van der Waals surface area contributed by atoms with Gasteiger partial charge in [-0.15, -0.1) is 11.8 Å². The largest absolute Gasteiger partial charge is 0.491 e. The third-order valence-electron chi connectivity index (χ3n) is 9.01. The van der Waals surface area contributed by atoms with Crippen LogP contribution in [0, 0.1) is 19.8 Å². The Kier molecular flexibility index (Phi) is 14.2. The second-order valence-corrected chi connectivity index (χ2v) is 15.0. The second kappa shape index (κ2) is 19.0. The zero-order chi connectivity index (χ0) is 36.2. The van der Waals surface area contributed by atoms with Gasteiger partial charge in [-0.25, -0.2) is 4.98 Å². The molecule has 0 aliphatic carbocycles. The van der Waals surface area contributed by atoms with Gasteiger partial charge >= 0.3 is 0 Å². The minimum Gasteiger partial charge on any atom is -0.491 e. The van der Waals surface area contributed by atoms with Crippen molar-refractivity contribution in [2.45, 2.75) is 90.8 Å². The topological polar surface area (TPSA) is 68.6 Å². The number of unbranched alkanes of at least 4 members (excludes halogenated alkanes) is 1. The van der Waals surface area contributed by atoms with Crippen LogP contribution >= 0.6 is 11.8 Å². The summed E-state index contributed by atoms with van der Waals surface area (Å²) in [6, 6.07) is 21.1. The first kappa shape index (κ1) is 38.2. The molecular formula is C43H56N4O3S. The number of carbonyl (C=O) groups is 1. The van der Waals surface area contributed by atoms with Crippen LogP contribution in [-0.4, -0.2) is 48.4 Å². The number of aryl methyl sites for hydroxylation is 3. The molecule has 0 saturated carbocycles. The fourth-order valence-electron chi connectivity index (χ4n) is 6.49. The van der Waals surface area contributed by atoms with Crippen LogP contribution in [-0.2, 0) is 21.8 Å². The number of imidazole rings is 1. The van der Waals surface area contributed by atoms with E-state index in [1.54, 1.807) is 11.8 Å². The molecule has 1 aromatic heterocycles. The summed E-state index contributed by atoms with van der Waals surface area (Å²) in [6.07, 6.45) is 9.17. The number of nitrogens with one attached hydrogen (secondary N) is 1. The molecule has 0 radical (unpaired) electrons. The van der Waals surface area contributed by atoms with Gasteiger partial charge in [0.25, 0.3) is 5.91 Å². The van der Waals surface area contributed by atoms with Gasteiger partial charge in [0.05, 0.1) is 18.1 Å². The van der Waals surface area contributed by atoms with E-state index in [1.165, 1.54) is 10.6 Å². The third kappa shape index (κ3) is 11.0. The van der Waals surface area contributed by atoms with Gasteiger partial charge in [0.15, 0.2) is 0 Å². The SMILES string of the molecule is CCCCOCCOc1ccc(-c2ccc3c(c2)C=C(C(=O)Nc2ccc(SCc4nc(C)cn4CCC)c(C)c2)CCCN3CC(C)C)cc1. The molecule has 2 heterocycles. The van der Waals surface area contributed by atoms with Crippen LogP contribution < -0.4 is 15.0 Å². The van der Waals surface area contributed by atoms with Gasteiger partial charge < -0.3 is 24.3 Å². The van der Waals surface area contributed by atoms with Crippen LogP contribution in [0.3, 0.4) is 0 Å². The number of benzene rings is 3. The number of amides is 1. The average Bonchev–Trinajstić information content (AvgIpc) is 3.46. The Morgan fingerprint density at radius 3 is 2.51 bits per heavy atom. The number of thioether (sulfide) groups is 1. The highest BCUT2D eigenvalue weighted by molar-refractivity contribution is 7.98. The third-order valence-corrected chi connectivity index (χ3v) is 10.2. The summed E-state index contributed by atoms with van der Waals surface area (Å²) >= 11 is 1.79. The van der Waals surface area contributed by atoms with Crippen molar-refractivity contribution >= 4 is 35.1 Å². The number of hydrogen-bond acceptors (Lipinski definition) is 6. The number of fused-ring (bicyclic) bond motifs is 1. The molecule has 1 amide bonds. The minimum absolute atomic E-state index is 0.0410. The lowest BCUT2D eigenvalue weighted by molar-refractivity contribution is -0.112. The Labute approximate surface area is 309 Å². The van der Waals surface area contributed by atoms with E-state index in [-0.39, 0.29) is 5.91 Å². The first-order valence-corrected chi connectivity index (χ1v) is 19.7. The molecule has 0 bridgehead atoms. The van der Waals surface area contributed by atoms with Gasteiger partial charge in [0.1, 0.15) is 18.2 Å². The number of aromatic nitrogens is 2. The fraction of sp³-hybridized carbons (Fsp3) is 0.442. The predicted molar refractivity (Wildman–Crippen MR) is 214 cm³/mol. The number of nitrogens with zero attached hydrogens (tertiary/aromatic N) is 3. The van der Waals surface area contributed by atoms with Crippen LogP contribution in [0.2, 0.25) is 0 Å². The van der Waals surface area contributed by atoms with Gasteiger partial charge in [-0.3, -0.25) is 4.79 Å². The van der Waals surface area contributed by atoms with Crippen molar-refractivity contribution in [1.82, 2.24) is 9.55 Å². The Hall–Kier alpha value is -4.01. The number of rotatable bonds is 17. The Bertz CT molecular complexity index is 1760.